The Kier molecular flexibility index (Phi) is 10.9. The molecule has 0 atom stereocenters. The molecule has 0 unspecified atom stereocenters. The molecule has 0 radical (unpaired) electrons. The first-order valence-corrected chi connectivity index (χ1v) is 10.6. The van der Waals surface area contributed by atoms with Crippen LogP contribution >= 0.6 is 24.0 Å². The van der Waals surface area contributed by atoms with E-state index in [1.807, 2.05) is 12.1 Å². The lowest BCUT2D eigenvalue weighted by molar-refractivity contribution is 0.198. The number of ether oxygens (including phenoxy) is 1. The Morgan fingerprint density at radius 3 is 2.77 bits per heavy atom. The summed E-state index contributed by atoms with van der Waals surface area (Å²) in [4.78, 5) is 11.2. The van der Waals surface area contributed by atoms with Crippen molar-refractivity contribution in [2.45, 2.75) is 39.3 Å². The molecule has 0 amide bonds. The van der Waals surface area contributed by atoms with E-state index in [9.17, 15) is 0 Å². The topological polar surface area (TPSA) is 61.8 Å². The van der Waals surface area contributed by atoms with Crippen LogP contribution in [-0.2, 0) is 6.54 Å². The number of hydrogen-bond acceptors (Lipinski definition) is 4. The summed E-state index contributed by atoms with van der Waals surface area (Å²) in [5.41, 5.74) is 2.73. The molecule has 1 aliphatic heterocycles. The zero-order valence-corrected chi connectivity index (χ0v) is 20.3. The summed E-state index contributed by atoms with van der Waals surface area (Å²) in [6, 6.07) is 13.1. The van der Waals surface area contributed by atoms with Gasteiger partial charge in [0.2, 0.25) is 0 Å². The van der Waals surface area contributed by atoms with Gasteiger partial charge in [0.15, 0.2) is 5.96 Å². The molecule has 3 rings (SSSR count). The number of benzene rings is 1. The van der Waals surface area contributed by atoms with Crippen LogP contribution in [0.3, 0.4) is 0 Å². The molecule has 2 heterocycles. The molecule has 7 heteroatoms. The van der Waals surface area contributed by atoms with E-state index in [4.69, 9.17) is 4.74 Å². The van der Waals surface area contributed by atoms with Crippen LogP contribution in [0.2, 0.25) is 0 Å². The van der Waals surface area contributed by atoms with Crippen molar-refractivity contribution < 1.29 is 4.74 Å². The van der Waals surface area contributed by atoms with Gasteiger partial charge in [-0.2, -0.15) is 0 Å². The average Bonchev–Trinajstić information content (AvgIpc) is 2.73. The molecule has 1 saturated heterocycles. The Bertz CT molecular complexity index is 763. The van der Waals surface area contributed by atoms with E-state index < -0.39 is 0 Å². The second-order valence-corrected chi connectivity index (χ2v) is 7.48. The van der Waals surface area contributed by atoms with Gasteiger partial charge in [0.1, 0.15) is 12.4 Å². The lowest BCUT2D eigenvalue weighted by atomic mass is 10.0. The van der Waals surface area contributed by atoms with Crippen LogP contribution in [0, 0.1) is 6.92 Å². The van der Waals surface area contributed by atoms with Gasteiger partial charge in [0, 0.05) is 38.4 Å². The zero-order chi connectivity index (χ0) is 20.3. The number of aliphatic imine (C=N–C) groups is 1. The third-order valence-electron chi connectivity index (χ3n) is 5.03. The van der Waals surface area contributed by atoms with Crippen LogP contribution in [-0.4, -0.2) is 54.7 Å². The van der Waals surface area contributed by atoms with Crippen LogP contribution in [0.25, 0.3) is 0 Å². The monoisotopic (exact) mass is 523 g/mol. The highest BCUT2D eigenvalue weighted by Crippen LogP contribution is 2.14. The van der Waals surface area contributed by atoms with Crippen molar-refractivity contribution in [3.63, 3.8) is 0 Å². The first kappa shape index (κ1) is 24.4. The average molecular weight is 523 g/mol. The Labute approximate surface area is 197 Å². The van der Waals surface area contributed by atoms with Gasteiger partial charge in [0.25, 0.3) is 0 Å². The van der Waals surface area contributed by atoms with Crippen molar-refractivity contribution >= 4 is 29.9 Å². The summed E-state index contributed by atoms with van der Waals surface area (Å²) in [5.74, 6) is 1.65. The predicted octanol–water partition coefficient (Wildman–Crippen LogP) is 3.61. The molecule has 1 aromatic heterocycles. The number of aromatic nitrogens is 1. The van der Waals surface area contributed by atoms with Crippen LogP contribution in [0.15, 0.2) is 53.8 Å². The molecule has 1 fully saturated rings. The Hall–Kier alpha value is -1.87. The standard InChI is InChI=1S/C23H33N5O.HI/c1-3-25-23(26-12-15-29-22-8-5-11-24-17-22)27-21-9-13-28(14-10-21)18-20-7-4-6-19(2)16-20;/h4-8,11,16-17,21H,3,9-10,12-15,18H2,1-2H3,(H2,25,26,27);1H. The third-order valence-corrected chi connectivity index (χ3v) is 5.03. The van der Waals surface area contributed by atoms with Gasteiger partial charge in [-0.15, -0.1) is 24.0 Å². The summed E-state index contributed by atoms with van der Waals surface area (Å²) in [6.45, 7) is 9.49. The van der Waals surface area contributed by atoms with Crippen molar-refractivity contribution in [1.29, 1.82) is 0 Å². The molecule has 0 bridgehead atoms. The smallest absolute Gasteiger partial charge is 0.191 e. The van der Waals surface area contributed by atoms with Crippen LogP contribution in [0.5, 0.6) is 5.75 Å². The van der Waals surface area contributed by atoms with Gasteiger partial charge < -0.3 is 15.4 Å². The Balaban J connectivity index is 0.00000320. The molecular weight excluding hydrogens is 489 g/mol. The van der Waals surface area contributed by atoms with E-state index >= 15 is 0 Å². The minimum absolute atomic E-state index is 0. The van der Waals surface area contributed by atoms with E-state index in [1.54, 1.807) is 12.4 Å². The first-order valence-electron chi connectivity index (χ1n) is 10.6. The molecule has 2 N–H and O–H groups in total. The number of pyridine rings is 1. The van der Waals surface area contributed by atoms with E-state index in [-0.39, 0.29) is 24.0 Å². The van der Waals surface area contributed by atoms with E-state index in [1.165, 1.54) is 11.1 Å². The minimum Gasteiger partial charge on any atom is -0.490 e. The fourth-order valence-corrected chi connectivity index (χ4v) is 3.57. The van der Waals surface area contributed by atoms with E-state index in [2.05, 4.69) is 63.6 Å². The third kappa shape index (κ3) is 8.47. The molecule has 2 aromatic rings. The molecule has 0 spiro atoms. The SMILES string of the molecule is CCNC(=NCCOc1cccnc1)NC1CCN(Cc2cccc(C)c2)CC1.I. The lowest BCUT2D eigenvalue weighted by Gasteiger charge is -2.33. The number of halogens is 1. The largest absolute Gasteiger partial charge is 0.490 e. The number of hydrogen-bond donors (Lipinski definition) is 2. The van der Waals surface area contributed by atoms with Crippen molar-refractivity contribution in [3.8, 4) is 5.75 Å². The Morgan fingerprint density at radius 2 is 2.07 bits per heavy atom. The van der Waals surface area contributed by atoms with E-state index in [0.717, 1.165) is 50.7 Å². The van der Waals surface area contributed by atoms with Crippen molar-refractivity contribution in [2.75, 3.05) is 32.8 Å². The second kappa shape index (κ2) is 13.4. The van der Waals surface area contributed by atoms with Crippen LogP contribution in [0.4, 0.5) is 0 Å². The number of guanidine groups is 1. The highest BCUT2D eigenvalue weighted by Gasteiger charge is 2.20. The van der Waals surface area contributed by atoms with Gasteiger partial charge in [-0.25, -0.2) is 4.99 Å². The quantitative estimate of drug-likeness (QED) is 0.240. The number of rotatable bonds is 8. The van der Waals surface area contributed by atoms with Gasteiger partial charge in [-0.05, 0) is 44.4 Å². The number of aryl methyl sites for hydroxylation is 1. The molecule has 164 valence electrons. The predicted molar refractivity (Wildman–Crippen MR) is 134 cm³/mol. The summed E-state index contributed by atoms with van der Waals surface area (Å²) in [5, 5.41) is 6.94. The first-order chi connectivity index (χ1) is 14.2. The molecule has 0 saturated carbocycles. The number of piperidine rings is 1. The fourth-order valence-electron chi connectivity index (χ4n) is 3.57. The highest BCUT2D eigenvalue weighted by molar-refractivity contribution is 14.0. The molecule has 1 aromatic carbocycles. The number of nitrogens with one attached hydrogen (secondary N) is 2. The van der Waals surface area contributed by atoms with E-state index in [0.29, 0.717) is 19.2 Å². The molecule has 6 nitrogen and oxygen atoms in total. The fraction of sp³-hybridized carbons (Fsp3) is 0.478. The van der Waals surface area contributed by atoms with Gasteiger partial charge in [-0.1, -0.05) is 29.8 Å². The van der Waals surface area contributed by atoms with Crippen LogP contribution < -0.4 is 15.4 Å². The number of nitrogens with zero attached hydrogens (tertiary/aromatic N) is 3. The minimum atomic E-state index is 0. The lowest BCUT2D eigenvalue weighted by Crippen LogP contribution is -2.48. The molecule has 0 aliphatic carbocycles. The van der Waals surface area contributed by atoms with Crippen molar-refractivity contribution in [1.82, 2.24) is 20.5 Å². The molecule has 1 aliphatic rings. The summed E-state index contributed by atoms with van der Waals surface area (Å²) < 4.78 is 5.67. The summed E-state index contributed by atoms with van der Waals surface area (Å²) >= 11 is 0. The number of likely N-dealkylation sites (tertiary alicyclic amines) is 1. The Morgan fingerprint density at radius 1 is 1.23 bits per heavy atom. The maximum atomic E-state index is 5.67. The normalized spacial score (nSPS) is 15.3. The summed E-state index contributed by atoms with van der Waals surface area (Å²) in [6.07, 6.45) is 5.72. The van der Waals surface area contributed by atoms with Gasteiger partial charge in [-0.3, -0.25) is 9.88 Å². The maximum absolute atomic E-state index is 5.67. The van der Waals surface area contributed by atoms with Crippen LogP contribution in [0.1, 0.15) is 30.9 Å². The van der Waals surface area contributed by atoms with Gasteiger partial charge >= 0.3 is 0 Å². The second-order valence-electron chi connectivity index (χ2n) is 7.48. The molecular formula is C23H34IN5O. The highest BCUT2D eigenvalue weighted by atomic mass is 127. The van der Waals surface area contributed by atoms with Crippen molar-refractivity contribution in [3.05, 3.63) is 59.9 Å². The summed E-state index contributed by atoms with van der Waals surface area (Å²) in [7, 11) is 0. The zero-order valence-electron chi connectivity index (χ0n) is 18.0. The van der Waals surface area contributed by atoms with Crippen molar-refractivity contribution in [2.24, 2.45) is 4.99 Å². The maximum Gasteiger partial charge on any atom is 0.191 e. The molecule has 30 heavy (non-hydrogen) atoms. The van der Waals surface area contributed by atoms with Gasteiger partial charge in [0.05, 0.1) is 12.7 Å².